The van der Waals surface area contributed by atoms with Crippen molar-refractivity contribution in [3.8, 4) is 5.75 Å². The number of benzene rings is 1. The van der Waals surface area contributed by atoms with Gasteiger partial charge in [-0.1, -0.05) is 0 Å². The molecule has 1 N–H and O–H groups in total. The van der Waals surface area contributed by atoms with Gasteiger partial charge in [-0.25, -0.2) is 9.97 Å². The van der Waals surface area contributed by atoms with Gasteiger partial charge in [-0.2, -0.15) is 0 Å². The van der Waals surface area contributed by atoms with E-state index in [4.69, 9.17) is 4.74 Å². The van der Waals surface area contributed by atoms with Gasteiger partial charge < -0.3 is 4.74 Å². The molecule has 0 atom stereocenters. The van der Waals surface area contributed by atoms with Crippen molar-refractivity contribution < 1.29 is 9.53 Å². The fourth-order valence-corrected chi connectivity index (χ4v) is 1.76. The second-order valence-electron chi connectivity index (χ2n) is 3.37. The summed E-state index contributed by atoms with van der Waals surface area (Å²) >= 11 is 3.32. The number of nitrogens with zero attached hydrogens (tertiary/aromatic N) is 2. The fraction of sp³-hybridized carbons (Fsp3) is 0.0833. The summed E-state index contributed by atoms with van der Waals surface area (Å²) in [5, 5.41) is 2.60. The maximum atomic E-state index is 12.0. The lowest BCUT2D eigenvalue weighted by Crippen LogP contribution is -2.14. The van der Waals surface area contributed by atoms with Crippen molar-refractivity contribution in [1.29, 1.82) is 0 Å². The summed E-state index contributed by atoms with van der Waals surface area (Å²) in [4.78, 5) is 19.9. The van der Waals surface area contributed by atoms with Crippen molar-refractivity contribution in [3.63, 3.8) is 0 Å². The summed E-state index contributed by atoms with van der Waals surface area (Å²) in [5.41, 5.74) is 0.460. The number of ether oxygens (including phenoxy) is 1. The number of amides is 1. The van der Waals surface area contributed by atoms with Crippen LogP contribution in [0.5, 0.6) is 5.75 Å². The molecule has 0 unspecified atom stereocenters. The molecule has 0 saturated heterocycles. The van der Waals surface area contributed by atoms with Crippen LogP contribution in [0.3, 0.4) is 0 Å². The number of carbonyl (C=O) groups excluding carboxylic acids is 1. The van der Waals surface area contributed by atoms with E-state index >= 15 is 0 Å². The molecular weight excluding hydrogens is 298 g/mol. The average Bonchev–Trinajstić information content (AvgIpc) is 2.40. The van der Waals surface area contributed by atoms with Gasteiger partial charge in [0, 0.05) is 16.9 Å². The van der Waals surface area contributed by atoms with Gasteiger partial charge in [0.15, 0.2) is 0 Å². The van der Waals surface area contributed by atoms with Crippen LogP contribution < -0.4 is 10.1 Å². The molecular formula is C12H10BrN3O2. The largest absolute Gasteiger partial charge is 0.497 e. The van der Waals surface area contributed by atoms with Gasteiger partial charge in [0.05, 0.1) is 12.7 Å². The molecule has 1 aromatic carbocycles. The van der Waals surface area contributed by atoms with Gasteiger partial charge in [0.1, 0.15) is 5.75 Å². The molecule has 2 aromatic rings. The zero-order valence-corrected chi connectivity index (χ0v) is 11.1. The van der Waals surface area contributed by atoms with Crippen molar-refractivity contribution in [3.05, 3.63) is 46.7 Å². The third-order valence-corrected chi connectivity index (χ3v) is 2.90. The summed E-state index contributed by atoms with van der Waals surface area (Å²) in [5.74, 6) is 0.571. The quantitative estimate of drug-likeness (QED) is 0.946. The number of nitrogens with one attached hydrogen (secondary N) is 1. The van der Waals surface area contributed by atoms with Crippen LogP contribution in [-0.2, 0) is 0 Å². The molecule has 18 heavy (non-hydrogen) atoms. The summed E-state index contributed by atoms with van der Waals surface area (Å²) in [6.45, 7) is 0. The number of rotatable bonds is 3. The van der Waals surface area contributed by atoms with Crippen LogP contribution in [0.15, 0.2) is 41.1 Å². The number of methoxy groups -OCH3 is 1. The van der Waals surface area contributed by atoms with Crippen molar-refractivity contribution in [2.24, 2.45) is 0 Å². The Morgan fingerprint density at radius 3 is 2.72 bits per heavy atom. The van der Waals surface area contributed by atoms with Crippen LogP contribution in [-0.4, -0.2) is 23.0 Å². The van der Waals surface area contributed by atoms with Crippen LogP contribution >= 0.6 is 15.9 Å². The number of aromatic nitrogens is 2. The molecule has 0 fully saturated rings. The van der Waals surface area contributed by atoms with Crippen LogP contribution in [0.2, 0.25) is 0 Å². The highest BCUT2D eigenvalue weighted by molar-refractivity contribution is 9.10. The van der Waals surface area contributed by atoms with E-state index < -0.39 is 0 Å². The topological polar surface area (TPSA) is 64.1 Å². The second kappa shape index (κ2) is 5.59. The van der Waals surface area contributed by atoms with Crippen LogP contribution in [0.1, 0.15) is 10.4 Å². The Morgan fingerprint density at radius 1 is 1.33 bits per heavy atom. The standard InChI is InChI=1S/C12H10BrN3O2/c1-18-8-3-4-10(13)9(7-8)11(17)16-12-14-5-2-6-15-12/h2-7H,1H3,(H,14,15,16,17). The Labute approximate surface area is 112 Å². The molecule has 0 radical (unpaired) electrons. The van der Waals surface area contributed by atoms with Gasteiger partial charge >= 0.3 is 0 Å². The summed E-state index contributed by atoms with van der Waals surface area (Å²) < 4.78 is 5.76. The maximum Gasteiger partial charge on any atom is 0.259 e. The SMILES string of the molecule is COc1ccc(Br)c(C(=O)Nc2ncccn2)c1. The first-order valence-corrected chi connectivity index (χ1v) is 5.92. The van der Waals surface area contributed by atoms with E-state index in [1.807, 2.05) is 0 Å². The highest BCUT2D eigenvalue weighted by Gasteiger charge is 2.12. The van der Waals surface area contributed by atoms with Crippen molar-refractivity contribution in [2.75, 3.05) is 12.4 Å². The van der Waals surface area contributed by atoms with E-state index in [1.54, 1.807) is 43.8 Å². The summed E-state index contributed by atoms with van der Waals surface area (Å²) in [6.07, 6.45) is 3.12. The predicted octanol–water partition coefficient (Wildman–Crippen LogP) is 2.50. The third kappa shape index (κ3) is 2.84. The molecule has 0 aliphatic rings. The Morgan fingerprint density at radius 2 is 2.06 bits per heavy atom. The van der Waals surface area contributed by atoms with Gasteiger partial charge in [0.2, 0.25) is 5.95 Å². The smallest absolute Gasteiger partial charge is 0.259 e. The Kier molecular flexibility index (Phi) is 3.88. The molecule has 6 heteroatoms. The van der Waals surface area contributed by atoms with E-state index in [1.165, 1.54) is 0 Å². The summed E-state index contributed by atoms with van der Waals surface area (Å²) in [6, 6.07) is 6.83. The first-order chi connectivity index (χ1) is 8.70. The molecule has 2 rings (SSSR count). The normalized spacial score (nSPS) is 9.89. The zero-order valence-electron chi connectivity index (χ0n) is 9.55. The van der Waals surface area contributed by atoms with Crippen molar-refractivity contribution in [2.45, 2.75) is 0 Å². The monoisotopic (exact) mass is 307 g/mol. The zero-order chi connectivity index (χ0) is 13.0. The fourth-order valence-electron chi connectivity index (χ4n) is 1.34. The average molecular weight is 308 g/mol. The van der Waals surface area contributed by atoms with Crippen molar-refractivity contribution >= 4 is 27.8 Å². The maximum absolute atomic E-state index is 12.0. The van der Waals surface area contributed by atoms with E-state index in [2.05, 4.69) is 31.2 Å². The number of anilines is 1. The molecule has 5 nitrogen and oxygen atoms in total. The number of halogens is 1. The number of carbonyl (C=O) groups is 1. The molecule has 0 aliphatic carbocycles. The minimum absolute atomic E-state index is 0.261. The lowest BCUT2D eigenvalue weighted by Gasteiger charge is -2.07. The van der Waals surface area contributed by atoms with E-state index in [0.29, 0.717) is 15.8 Å². The third-order valence-electron chi connectivity index (χ3n) is 2.21. The molecule has 0 bridgehead atoms. The van der Waals surface area contributed by atoms with Gasteiger partial charge in [0.25, 0.3) is 5.91 Å². The van der Waals surface area contributed by atoms with Gasteiger partial charge in [-0.05, 0) is 40.2 Å². The molecule has 1 heterocycles. The first-order valence-electron chi connectivity index (χ1n) is 5.12. The number of hydrogen-bond acceptors (Lipinski definition) is 4. The minimum atomic E-state index is -0.299. The lowest BCUT2D eigenvalue weighted by molar-refractivity contribution is 0.102. The van der Waals surface area contributed by atoms with Gasteiger partial charge in [-0.15, -0.1) is 0 Å². The molecule has 0 saturated carbocycles. The highest BCUT2D eigenvalue weighted by Crippen LogP contribution is 2.22. The van der Waals surface area contributed by atoms with Crippen LogP contribution in [0.25, 0.3) is 0 Å². The predicted molar refractivity (Wildman–Crippen MR) is 70.7 cm³/mol. The summed E-state index contributed by atoms with van der Waals surface area (Å²) in [7, 11) is 1.55. The van der Waals surface area contributed by atoms with Gasteiger partial charge in [-0.3, -0.25) is 10.1 Å². The Hall–Kier alpha value is -1.95. The minimum Gasteiger partial charge on any atom is -0.497 e. The first kappa shape index (κ1) is 12.5. The molecule has 0 spiro atoms. The van der Waals surface area contributed by atoms with E-state index in [-0.39, 0.29) is 11.9 Å². The molecule has 1 amide bonds. The highest BCUT2D eigenvalue weighted by atomic mass is 79.9. The van der Waals surface area contributed by atoms with E-state index in [9.17, 15) is 4.79 Å². The van der Waals surface area contributed by atoms with Crippen LogP contribution in [0, 0.1) is 0 Å². The van der Waals surface area contributed by atoms with E-state index in [0.717, 1.165) is 0 Å². The molecule has 0 aliphatic heterocycles. The Bertz CT molecular complexity index is 561. The van der Waals surface area contributed by atoms with Crippen LogP contribution in [0.4, 0.5) is 5.95 Å². The second-order valence-corrected chi connectivity index (χ2v) is 4.23. The molecule has 92 valence electrons. The Balaban J connectivity index is 2.23. The lowest BCUT2D eigenvalue weighted by atomic mass is 10.2. The molecule has 1 aromatic heterocycles. The number of hydrogen-bond donors (Lipinski definition) is 1. The van der Waals surface area contributed by atoms with Crippen molar-refractivity contribution in [1.82, 2.24) is 9.97 Å².